The minimum atomic E-state index is 0.321. The first-order chi connectivity index (χ1) is 8.68. The van der Waals surface area contributed by atoms with E-state index in [0.29, 0.717) is 5.54 Å². The van der Waals surface area contributed by atoms with E-state index >= 15 is 0 Å². The molecule has 0 aromatic rings. The molecule has 0 aromatic heterocycles. The number of rotatable bonds is 8. The molecule has 1 rings (SSSR count). The zero-order valence-electron chi connectivity index (χ0n) is 12.9. The average Bonchev–Trinajstić information content (AvgIpc) is 2.38. The van der Waals surface area contributed by atoms with Gasteiger partial charge in [0.1, 0.15) is 0 Å². The standard InChI is InChI=1S/C16H34N2/c1-4-6-11-18(12-7-5-2)16(14-17)10-8-9-15(3)13-16/h15H,4-14,17H2,1-3H3. The van der Waals surface area contributed by atoms with Crippen LogP contribution in [0, 0.1) is 5.92 Å². The summed E-state index contributed by atoms with van der Waals surface area (Å²) >= 11 is 0. The monoisotopic (exact) mass is 254 g/mol. The molecule has 0 bridgehead atoms. The Kier molecular flexibility index (Phi) is 7.25. The first-order valence-corrected chi connectivity index (χ1v) is 8.13. The minimum Gasteiger partial charge on any atom is -0.329 e. The third-order valence-corrected chi connectivity index (χ3v) is 4.68. The summed E-state index contributed by atoms with van der Waals surface area (Å²) in [6.07, 6.45) is 10.6. The smallest absolute Gasteiger partial charge is 0.0334 e. The second-order valence-corrected chi connectivity index (χ2v) is 6.32. The summed E-state index contributed by atoms with van der Waals surface area (Å²) in [5, 5.41) is 0. The zero-order chi connectivity index (χ0) is 13.4. The molecule has 0 aliphatic heterocycles. The number of unbranched alkanes of at least 4 members (excludes halogenated alkanes) is 2. The molecule has 0 aromatic carbocycles. The molecule has 2 nitrogen and oxygen atoms in total. The average molecular weight is 254 g/mol. The van der Waals surface area contributed by atoms with Crippen LogP contribution in [-0.2, 0) is 0 Å². The van der Waals surface area contributed by atoms with E-state index in [1.54, 1.807) is 0 Å². The summed E-state index contributed by atoms with van der Waals surface area (Å²) in [4.78, 5) is 2.75. The van der Waals surface area contributed by atoms with Crippen molar-refractivity contribution in [3.8, 4) is 0 Å². The molecule has 2 N–H and O–H groups in total. The van der Waals surface area contributed by atoms with Gasteiger partial charge in [0.2, 0.25) is 0 Å². The van der Waals surface area contributed by atoms with Crippen molar-refractivity contribution in [3.05, 3.63) is 0 Å². The normalized spacial score (nSPS) is 28.8. The van der Waals surface area contributed by atoms with Crippen LogP contribution in [0.1, 0.15) is 72.1 Å². The molecule has 2 atom stereocenters. The summed E-state index contributed by atoms with van der Waals surface area (Å²) in [5.41, 5.74) is 6.52. The van der Waals surface area contributed by atoms with Crippen LogP contribution >= 0.6 is 0 Å². The van der Waals surface area contributed by atoms with Gasteiger partial charge in [-0.25, -0.2) is 0 Å². The maximum absolute atomic E-state index is 6.20. The maximum atomic E-state index is 6.20. The molecule has 0 spiro atoms. The molecule has 0 saturated heterocycles. The maximum Gasteiger partial charge on any atom is 0.0334 e. The highest BCUT2D eigenvalue weighted by atomic mass is 15.2. The quantitative estimate of drug-likeness (QED) is 0.714. The third kappa shape index (κ3) is 4.24. The van der Waals surface area contributed by atoms with Crippen LogP contribution in [0.2, 0.25) is 0 Å². The van der Waals surface area contributed by atoms with Gasteiger partial charge in [-0.15, -0.1) is 0 Å². The summed E-state index contributed by atoms with van der Waals surface area (Å²) in [6, 6.07) is 0. The molecule has 18 heavy (non-hydrogen) atoms. The van der Waals surface area contributed by atoms with Crippen LogP contribution in [0.3, 0.4) is 0 Å². The van der Waals surface area contributed by atoms with E-state index < -0.39 is 0 Å². The topological polar surface area (TPSA) is 29.3 Å². The van der Waals surface area contributed by atoms with E-state index in [1.807, 2.05) is 0 Å². The Morgan fingerprint density at radius 1 is 1.17 bits per heavy atom. The van der Waals surface area contributed by atoms with Crippen molar-refractivity contribution in [2.45, 2.75) is 77.7 Å². The molecular formula is C16H34N2. The second-order valence-electron chi connectivity index (χ2n) is 6.32. The van der Waals surface area contributed by atoms with Crippen molar-refractivity contribution in [3.63, 3.8) is 0 Å². The highest BCUT2D eigenvalue weighted by Crippen LogP contribution is 2.36. The van der Waals surface area contributed by atoms with Crippen molar-refractivity contribution < 1.29 is 0 Å². The van der Waals surface area contributed by atoms with E-state index in [9.17, 15) is 0 Å². The van der Waals surface area contributed by atoms with Crippen LogP contribution in [-0.4, -0.2) is 30.1 Å². The summed E-state index contributed by atoms with van der Waals surface area (Å²) < 4.78 is 0. The third-order valence-electron chi connectivity index (χ3n) is 4.68. The fourth-order valence-electron chi connectivity index (χ4n) is 3.52. The van der Waals surface area contributed by atoms with Crippen molar-refractivity contribution in [1.82, 2.24) is 4.90 Å². The molecule has 1 fully saturated rings. The summed E-state index contributed by atoms with van der Waals surface area (Å²) in [5.74, 6) is 0.855. The van der Waals surface area contributed by atoms with Gasteiger partial charge >= 0.3 is 0 Å². The molecular weight excluding hydrogens is 220 g/mol. The number of hydrogen-bond acceptors (Lipinski definition) is 2. The van der Waals surface area contributed by atoms with Crippen LogP contribution < -0.4 is 5.73 Å². The van der Waals surface area contributed by atoms with E-state index in [4.69, 9.17) is 5.73 Å². The predicted molar refractivity (Wildman–Crippen MR) is 80.8 cm³/mol. The molecule has 1 saturated carbocycles. The molecule has 0 heterocycles. The molecule has 2 unspecified atom stereocenters. The first kappa shape index (κ1) is 16.0. The molecule has 0 amide bonds. The van der Waals surface area contributed by atoms with Gasteiger partial charge in [-0.1, -0.05) is 46.5 Å². The highest BCUT2D eigenvalue weighted by Gasteiger charge is 2.38. The second kappa shape index (κ2) is 8.16. The minimum absolute atomic E-state index is 0.321. The van der Waals surface area contributed by atoms with Crippen molar-refractivity contribution in [1.29, 1.82) is 0 Å². The Labute approximate surface area is 114 Å². The van der Waals surface area contributed by atoms with Gasteiger partial charge in [0.05, 0.1) is 0 Å². The van der Waals surface area contributed by atoms with Crippen LogP contribution in [0.4, 0.5) is 0 Å². The number of nitrogens with zero attached hydrogens (tertiary/aromatic N) is 1. The van der Waals surface area contributed by atoms with E-state index in [-0.39, 0.29) is 0 Å². The first-order valence-electron chi connectivity index (χ1n) is 8.13. The summed E-state index contributed by atoms with van der Waals surface area (Å²) in [7, 11) is 0. The molecule has 2 heteroatoms. The van der Waals surface area contributed by atoms with E-state index in [2.05, 4.69) is 25.7 Å². The predicted octanol–water partition coefficient (Wildman–Crippen LogP) is 3.80. The molecule has 1 aliphatic rings. The Morgan fingerprint density at radius 3 is 2.22 bits per heavy atom. The van der Waals surface area contributed by atoms with Gasteiger partial charge < -0.3 is 5.73 Å². The number of hydrogen-bond donors (Lipinski definition) is 1. The lowest BCUT2D eigenvalue weighted by Crippen LogP contribution is -2.56. The van der Waals surface area contributed by atoms with Crippen molar-refractivity contribution in [2.24, 2.45) is 11.7 Å². The zero-order valence-corrected chi connectivity index (χ0v) is 12.9. The Bertz CT molecular complexity index is 209. The molecule has 0 radical (unpaired) electrons. The van der Waals surface area contributed by atoms with Gasteiger partial charge in [-0.05, 0) is 44.7 Å². The largest absolute Gasteiger partial charge is 0.329 e. The molecule has 108 valence electrons. The van der Waals surface area contributed by atoms with Gasteiger partial charge in [0, 0.05) is 12.1 Å². The fraction of sp³-hybridized carbons (Fsp3) is 1.00. The van der Waals surface area contributed by atoms with Crippen LogP contribution in [0.15, 0.2) is 0 Å². The SMILES string of the molecule is CCCCN(CCCC)C1(CN)CCCC(C)C1. The van der Waals surface area contributed by atoms with Gasteiger partial charge in [0.25, 0.3) is 0 Å². The van der Waals surface area contributed by atoms with Crippen LogP contribution in [0.25, 0.3) is 0 Å². The van der Waals surface area contributed by atoms with Crippen molar-refractivity contribution >= 4 is 0 Å². The lowest BCUT2D eigenvalue weighted by molar-refractivity contribution is 0.0366. The highest BCUT2D eigenvalue weighted by molar-refractivity contribution is 4.95. The van der Waals surface area contributed by atoms with Gasteiger partial charge in [-0.3, -0.25) is 4.90 Å². The number of nitrogens with two attached hydrogens (primary N) is 1. The Balaban J connectivity index is 2.69. The Morgan fingerprint density at radius 2 is 1.78 bits per heavy atom. The molecule has 1 aliphatic carbocycles. The van der Waals surface area contributed by atoms with E-state index in [1.165, 1.54) is 64.5 Å². The summed E-state index contributed by atoms with van der Waals surface area (Å²) in [6.45, 7) is 10.3. The lowest BCUT2D eigenvalue weighted by Gasteiger charge is -2.48. The van der Waals surface area contributed by atoms with Crippen molar-refractivity contribution in [2.75, 3.05) is 19.6 Å². The van der Waals surface area contributed by atoms with Crippen LogP contribution in [0.5, 0.6) is 0 Å². The van der Waals surface area contributed by atoms with Gasteiger partial charge in [-0.2, -0.15) is 0 Å². The fourth-order valence-corrected chi connectivity index (χ4v) is 3.52. The van der Waals surface area contributed by atoms with E-state index in [0.717, 1.165) is 12.5 Å². The Hall–Kier alpha value is -0.0800. The lowest BCUT2D eigenvalue weighted by atomic mass is 9.75. The van der Waals surface area contributed by atoms with Gasteiger partial charge in [0.15, 0.2) is 0 Å².